The van der Waals surface area contributed by atoms with Gasteiger partial charge in [-0.05, 0) is 13.8 Å². The molecule has 0 aliphatic rings. The van der Waals surface area contributed by atoms with E-state index in [0.29, 0.717) is 6.61 Å². The van der Waals surface area contributed by atoms with E-state index < -0.39 is 0 Å². The number of carbonyl (C=O) groups is 1. The Bertz CT molecular complexity index is 297. The van der Waals surface area contributed by atoms with Crippen molar-refractivity contribution in [3.63, 3.8) is 0 Å². The van der Waals surface area contributed by atoms with Gasteiger partial charge in [0.05, 0.1) is 44.3 Å². The summed E-state index contributed by atoms with van der Waals surface area (Å²) in [7, 11) is 3.36. The molecule has 0 aromatic rings. The fourth-order valence-corrected chi connectivity index (χ4v) is 3.33. The van der Waals surface area contributed by atoms with Gasteiger partial charge in [0.2, 0.25) is 5.91 Å². The standard InChI is InChI=1S/C16H34N2O3S/c1-7-18(8-2)10-9-17-15(19)16(3,4)13-22-12-14(21-6)11-20-5/h14H,7-13H2,1-6H3,(H,17,19)/p+1. The van der Waals surface area contributed by atoms with Crippen LogP contribution in [0, 0.1) is 5.41 Å². The van der Waals surface area contributed by atoms with Gasteiger partial charge in [0.1, 0.15) is 0 Å². The van der Waals surface area contributed by atoms with Crippen LogP contribution in [0.15, 0.2) is 0 Å². The van der Waals surface area contributed by atoms with Crippen molar-refractivity contribution >= 4 is 17.7 Å². The van der Waals surface area contributed by atoms with Crippen molar-refractivity contribution in [2.75, 3.05) is 58.5 Å². The minimum atomic E-state index is -0.366. The third-order valence-electron chi connectivity index (χ3n) is 3.83. The largest absolute Gasteiger partial charge is 0.382 e. The van der Waals surface area contributed by atoms with Gasteiger partial charge in [-0.25, -0.2) is 0 Å². The van der Waals surface area contributed by atoms with E-state index in [-0.39, 0.29) is 17.4 Å². The summed E-state index contributed by atoms with van der Waals surface area (Å²) in [4.78, 5) is 13.8. The van der Waals surface area contributed by atoms with E-state index in [9.17, 15) is 4.79 Å². The van der Waals surface area contributed by atoms with Crippen LogP contribution in [-0.4, -0.2) is 70.5 Å². The summed E-state index contributed by atoms with van der Waals surface area (Å²) >= 11 is 1.74. The summed E-state index contributed by atoms with van der Waals surface area (Å²) in [5, 5.41) is 3.07. The highest BCUT2D eigenvalue weighted by molar-refractivity contribution is 7.99. The van der Waals surface area contributed by atoms with E-state index in [1.807, 2.05) is 13.8 Å². The zero-order valence-electron chi connectivity index (χ0n) is 15.2. The van der Waals surface area contributed by atoms with Crippen LogP contribution in [0.3, 0.4) is 0 Å². The van der Waals surface area contributed by atoms with Crippen LogP contribution in [0.4, 0.5) is 0 Å². The lowest BCUT2D eigenvalue weighted by Crippen LogP contribution is -3.12. The molecule has 0 aromatic carbocycles. The van der Waals surface area contributed by atoms with Crippen molar-refractivity contribution in [3.8, 4) is 0 Å². The number of likely N-dealkylation sites (N-methyl/N-ethyl adjacent to an activating group) is 1. The lowest BCUT2D eigenvalue weighted by atomic mass is 9.95. The fraction of sp³-hybridized carbons (Fsp3) is 0.938. The van der Waals surface area contributed by atoms with Gasteiger partial charge in [0.25, 0.3) is 0 Å². The SMILES string of the molecule is CC[NH+](CC)CCNC(=O)C(C)(C)CSCC(COC)OC. The van der Waals surface area contributed by atoms with Crippen LogP contribution >= 0.6 is 11.8 Å². The molecule has 0 rings (SSSR count). The topological polar surface area (TPSA) is 52.0 Å². The lowest BCUT2D eigenvalue weighted by molar-refractivity contribution is -0.895. The smallest absolute Gasteiger partial charge is 0.226 e. The van der Waals surface area contributed by atoms with Crippen LogP contribution in [0.2, 0.25) is 0 Å². The Hall–Kier alpha value is -0.300. The zero-order chi connectivity index (χ0) is 17.0. The Labute approximate surface area is 140 Å². The second-order valence-corrected chi connectivity index (χ2v) is 7.21. The molecule has 0 heterocycles. The maximum atomic E-state index is 12.3. The second kappa shape index (κ2) is 12.2. The first-order valence-corrected chi connectivity index (χ1v) is 9.28. The molecule has 0 saturated carbocycles. The van der Waals surface area contributed by atoms with Crippen molar-refractivity contribution in [1.82, 2.24) is 5.32 Å². The molecule has 0 aromatic heterocycles. The maximum absolute atomic E-state index is 12.3. The predicted octanol–water partition coefficient (Wildman–Crippen LogP) is 0.448. The third-order valence-corrected chi connectivity index (χ3v) is 5.36. The molecule has 0 aliphatic heterocycles. The molecule has 5 nitrogen and oxygen atoms in total. The minimum absolute atomic E-state index is 0.0835. The third kappa shape index (κ3) is 8.98. The molecular formula is C16H35N2O3S+. The summed E-state index contributed by atoms with van der Waals surface area (Å²) in [5.41, 5.74) is -0.366. The molecule has 0 radical (unpaired) electrons. The van der Waals surface area contributed by atoms with Crippen molar-refractivity contribution < 1.29 is 19.2 Å². The Morgan fingerprint density at radius 1 is 1.27 bits per heavy atom. The number of amides is 1. The monoisotopic (exact) mass is 335 g/mol. The van der Waals surface area contributed by atoms with Crippen molar-refractivity contribution in [2.24, 2.45) is 5.41 Å². The van der Waals surface area contributed by atoms with E-state index in [0.717, 1.165) is 37.7 Å². The Morgan fingerprint density at radius 2 is 1.91 bits per heavy atom. The van der Waals surface area contributed by atoms with Gasteiger partial charge in [0.15, 0.2) is 0 Å². The van der Waals surface area contributed by atoms with Gasteiger partial charge in [-0.3, -0.25) is 4.79 Å². The summed E-state index contributed by atoms with van der Waals surface area (Å²) in [6, 6.07) is 0. The quantitative estimate of drug-likeness (QED) is 0.513. The number of quaternary nitrogens is 1. The molecule has 0 spiro atoms. The van der Waals surface area contributed by atoms with Gasteiger partial charge < -0.3 is 19.7 Å². The molecule has 0 saturated heterocycles. The number of ether oxygens (including phenoxy) is 2. The van der Waals surface area contributed by atoms with Gasteiger partial charge in [0, 0.05) is 25.7 Å². The van der Waals surface area contributed by atoms with Crippen molar-refractivity contribution in [2.45, 2.75) is 33.8 Å². The van der Waals surface area contributed by atoms with Crippen LogP contribution in [0.1, 0.15) is 27.7 Å². The molecule has 132 valence electrons. The first-order valence-electron chi connectivity index (χ1n) is 8.12. The molecule has 1 unspecified atom stereocenters. The Kier molecular flexibility index (Phi) is 12.0. The molecule has 1 atom stereocenters. The van der Waals surface area contributed by atoms with Crippen LogP contribution in [0.5, 0.6) is 0 Å². The number of rotatable bonds is 13. The first kappa shape index (κ1) is 21.7. The van der Waals surface area contributed by atoms with Crippen LogP contribution in [0.25, 0.3) is 0 Å². The van der Waals surface area contributed by atoms with Gasteiger partial charge in [-0.1, -0.05) is 13.8 Å². The molecule has 2 N–H and O–H groups in total. The van der Waals surface area contributed by atoms with Gasteiger partial charge >= 0.3 is 0 Å². The Morgan fingerprint density at radius 3 is 2.41 bits per heavy atom. The van der Waals surface area contributed by atoms with Crippen LogP contribution in [-0.2, 0) is 14.3 Å². The zero-order valence-corrected chi connectivity index (χ0v) is 16.0. The van der Waals surface area contributed by atoms with Gasteiger partial charge in [-0.15, -0.1) is 0 Å². The highest BCUT2D eigenvalue weighted by atomic mass is 32.2. The number of carbonyl (C=O) groups excluding carboxylic acids is 1. The normalized spacial score (nSPS) is 13.4. The predicted molar refractivity (Wildman–Crippen MR) is 93.7 cm³/mol. The number of nitrogens with one attached hydrogen (secondary N) is 2. The minimum Gasteiger partial charge on any atom is -0.382 e. The molecule has 0 bridgehead atoms. The number of hydrogen-bond donors (Lipinski definition) is 2. The summed E-state index contributed by atoms with van der Waals surface area (Å²) in [5.74, 6) is 1.75. The van der Waals surface area contributed by atoms with Crippen molar-refractivity contribution in [3.05, 3.63) is 0 Å². The van der Waals surface area contributed by atoms with Crippen molar-refractivity contribution in [1.29, 1.82) is 0 Å². The first-order chi connectivity index (χ1) is 10.4. The average Bonchev–Trinajstić information content (AvgIpc) is 2.50. The molecule has 0 fully saturated rings. The number of thioether (sulfide) groups is 1. The average molecular weight is 336 g/mol. The summed E-state index contributed by atoms with van der Waals surface area (Å²) < 4.78 is 10.4. The summed E-state index contributed by atoms with van der Waals surface area (Å²) in [6.45, 7) is 12.9. The van der Waals surface area contributed by atoms with E-state index in [1.165, 1.54) is 4.90 Å². The second-order valence-electron chi connectivity index (χ2n) is 6.18. The molecule has 6 heteroatoms. The lowest BCUT2D eigenvalue weighted by Gasteiger charge is -2.25. The molecule has 22 heavy (non-hydrogen) atoms. The maximum Gasteiger partial charge on any atom is 0.226 e. The fourth-order valence-electron chi connectivity index (χ4n) is 2.08. The number of hydrogen-bond acceptors (Lipinski definition) is 4. The highest BCUT2D eigenvalue weighted by Gasteiger charge is 2.27. The van der Waals surface area contributed by atoms with E-state index >= 15 is 0 Å². The number of methoxy groups -OCH3 is 2. The van der Waals surface area contributed by atoms with Gasteiger partial charge in [-0.2, -0.15) is 11.8 Å². The summed E-state index contributed by atoms with van der Waals surface area (Å²) in [6.07, 6.45) is 0.0835. The van der Waals surface area contributed by atoms with E-state index in [1.54, 1.807) is 26.0 Å². The highest BCUT2D eigenvalue weighted by Crippen LogP contribution is 2.22. The Balaban J connectivity index is 4.06. The van der Waals surface area contributed by atoms with Crippen LogP contribution < -0.4 is 10.2 Å². The van der Waals surface area contributed by atoms with E-state index in [2.05, 4.69) is 19.2 Å². The molecular weight excluding hydrogens is 300 g/mol. The van der Waals surface area contributed by atoms with E-state index in [4.69, 9.17) is 9.47 Å². The molecule has 0 aliphatic carbocycles. The molecule has 1 amide bonds.